The fraction of sp³-hybridized carbons (Fsp3) is 0.0870. The largest absolute Gasteiger partial charge is 0.481 e. The van der Waals surface area contributed by atoms with Crippen LogP contribution in [0, 0.1) is 0 Å². The van der Waals surface area contributed by atoms with Gasteiger partial charge >= 0.3 is 5.97 Å². The quantitative estimate of drug-likeness (QED) is 0.289. The predicted octanol–water partition coefficient (Wildman–Crippen LogP) is 3.82. The van der Waals surface area contributed by atoms with E-state index >= 15 is 0 Å². The molecule has 0 spiro atoms. The molecule has 0 aromatic heterocycles. The first-order valence-electron chi connectivity index (χ1n) is 9.04. The van der Waals surface area contributed by atoms with Gasteiger partial charge in [0.2, 0.25) is 0 Å². The predicted molar refractivity (Wildman–Crippen MR) is 110 cm³/mol. The number of nitrogens with zero attached hydrogens (tertiary/aromatic N) is 1. The molecule has 0 aliphatic rings. The number of carbonyl (C=O) groups is 2. The Morgan fingerprint density at radius 2 is 1.48 bits per heavy atom. The van der Waals surface area contributed by atoms with Crippen LogP contribution in [-0.2, 0) is 4.79 Å². The highest BCUT2D eigenvalue weighted by Gasteiger charge is 2.13. The molecule has 3 rings (SSSR count). The van der Waals surface area contributed by atoms with E-state index in [2.05, 4.69) is 10.5 Å². The minimum absolute atomic E-state index is 0.362. The number of hydrogen-bond donors (Lipinski definition) is 1. The number of esters is 1. The summed E-state index contributed by atoms with van der Waals surface area (Å²) in [5.74, 6) is 0.245. The Bertz CT molecular complexity index is 971. The van der Waals surface area contributed by atoms with Crippen molar-refractivity contribution in [3.05, 3.63) is 96.1 Å². The molecule has 3 aromatic rings. The third kappa shape index (κ3) is 6.04. The number of hydrazone groups is 1. The molecule has 0 heterocycles. The molecule has 1 amide bonds. The van der Waals surface area contributed by atoms with E-state index in [1.165, 1.54) is 6.21 Å². The maximum absolute atomic E-state index is 12.0. The normalized spacial score (nSPS) is 11.6. The van der Waals surface area contributed by atoms with E-state index in [1.807, 2.05) is 24.3 Å². The SMILES string of the molecule is CC(Oc1ccccc1)C(=O)NN=Cc1ccc(OC(=O)c2ccccc2)cc1. The van der Waals surface area contributed by atoms with Gasteiger partial charge in [-0.15, -0.1) is 0 Å². The van der Waals surface area contributed by atoms with Crippen LogP contribution in [0.2, 0.25) is 0 Å². The number of carbonyl (C=O) groups excluding carboxylic acids is 2. The maximum atomic E-state index is 12.0. The van der Waals surface area contributed by atoms with Crippen LogP contribution >= 0.6 is 0 Å². The smallest absolute Gasteiger partial charge is 0.343 e. The summed E-state index contributed by atoms with van der Waals surface area (Å²) < 4.78 is 10.9. The van der Waals surface area contributed by atoms with Gasteiger partial charge in [-0.05, 0) is 61.0 Å². The molecule has 0 saturated carbocycles. The average molecular weight is 388 g/mol. The minimum atomic E-state index is -0.686. The second kappa shape index (κ2) is 9.85. The van der Waals surface area contributed by atoms with Crippen molar-refractivity contribution >= 4 is 18.1 Å². The lowest BCUT2D eigenvalue weighted by Crippen LogP contribution is -2.33. The van der Waals surface area contributed by atoms with E-state index in [-0.39, 0.29) is 5.91 Å². The minimum Gasteiger partial charge on any atom is -0.481 e. The number of hydrogen-bond acceptors (Lipinski definition) is 5. The molecular weight excluding hydrogens is 368 g/mol. The van der Waals surface area contributed by atoms with E-state index in [0.29, 0.717) is 17.1 Å². The second-order valence-electron chi connectivity index (χ2n) is 6.13. The van der Waals surface area contributed by atoms with Gasteiger partial charge < -0.3 is 9.47 Å². The van der Waals surface area contributed by atoms with Crippen molar-refractivity contribution in [2.45, 2.75) is 13.0 Å². The van der Waals surface area contributed by atoms with Crippen LogP contribution in [0.4, 0.5) is 0 Å². The van der Waals surface area contributed by atoms with Gasteiger partial charge in [-0.3, -0.25) is 4.79 Å². The van der Waals surface area contributed by atoms with Crippen LogP contribution in [0.5, 0.6) is 11.5 Å². The van der Waals surface area contributed by atoms with Gasteiger partial charge in [0.05, 0.1) is 11.8 Å². The Labute approximate surface area is 168 Å². The third-order valence-electron chi connectivity index (χ3n) is 3.91. The number of rotatable bonds is 7. The number of para-hydroxylation sites is 1. The van der Waals surface area contributed by atoms with Crippen molar-refractivity contribution in [3.63, 3.8) is 0 Å². The Morgan fingerprint density at radius 1 is 0.862 bits per heavy atom. The van der Waals surface area contributed by atoms with Gasteiger partial charge in [-0.2, -0.15) is 5.10 Å². The van der Waals surface area contributed by atoms with E-state index in [1.54, 1.807) is 67.6 Å². The molecule has 6 nitrogen and oxygen atoms in total. The van der Waals surface area contributed by atoms with Crippen molar-refractivity contribution in [3.8, 4) is 11.5 Å². The monoisotopic (exact) mass is 388 g/mol. The van der Waals surface area contributed by atoms with Crippen molar-refractivity contribution in [1.82, 2.24) is 5.43 Å². The molecule has 0 fully saturated rings. The zero-order valence-electron chi connectivity index (χ0n) is 15.8. The number of nitrogens with one attached hydrogen (secondary N) is 1. The third-order valence-corrected chi connectivity index (χ3v) is 3.91. The van der Waals surface area contributed by atoms with Crippen molar-refractivity contribution in [2.24, 2.45) is 5.10 Å². The lowest BCUT2D eigenvalue weighted by Gasteiger charge is -2.12. The molecule has 0 aliphatic carbocycles. The van der Waals surface area contributed by atoms with Crippen LogP contribution in [0.3, 0.4) is 0 Å². The molecule has 3 aromatic carbocycles. The molecule has 1 N–H and O–H groups in total. The fourth-order valence-corrected chi connectivity index (χ4v) is 2.38. The second-order valence-corrected chi connectivity index (χ2v) is 6.13. The molecular formula is C23H20N2O4. The zero-order chi connectivity index (χ0) is 20.5. The molecule has 146 valence electrons. The summed E-state index contributed by atoms with van der Waals surface area (Å²) in [5, 5.41) is 3.93. The summed E-state index contributed by atoms with van der Waals surface area (Å²) in [7, 11) is 0. The standard InChI is InChI=1S/C23H20N2O4/c1-17(28-20-10-6-3-7-11-20)22(26)25-24-16-18-12-14-21(15-13-18)29-23(27)19-8-4-2-5-9-19/h2-17H,1H3,(H,25,26). The maximum Gasteiger partial charge on any atom is 0.343 e. The van der Waals surface area contributed by atoms with Gasteiger partial charge in [0.1, 0.15) is 11.5 Å². The van der Waals surface area contributed by atoms with E-state index in [9.17, 15) is 9.59 Å². The molecule has 0 saturated heterocycles. The Morgan fingerprint density at radius 3 is 2.14 bits per heavy atom. The number of ether oxygens (including phenoxy) is 2. The van der Waals surface area contributed by atoms with Crippen LogP contribution in [-0.4, -0.2) is 24.2 Å². The summed E-state index contributed by atoms with van der Waals surface area (Å²) in [6.07, 6.45) is 0.810. The van der Waals surface area contributed by atoms with Crippen LogP contribution in [0.1, 0.15) is 22.8 Å². The summed E-state index contributed by atoms with van der Waals surface area (Å²) in [6.45, 7) is 1.65. The van der Waals surface area contributed by atoms with Gasteiger partial charge in [-0.1, -0.05) is 36.4 Å². The van der Waals surface area contributed by atoms with E-state index in [4.69, 9.17) is 9.47 Å². The topological polar surface area (TPSA) is 77.0 Å². The molecule has 0 radical (unpaired) electrons. The highest BCUT2D eigenvalue weighted by atomic mass is 16.5. The Hall–Kier alpha value is -3.93. The zero-order valence-corrected chi connectivity index (χ0v) is 15.8. The highest BCUT2D eigenvalue weighted by molar-refractivity contribution is 5.91. The number of benzene rings is 3. The first kappa shape index (κ1) is 19.8. The van der Waals surface area contributed by atoms with Crippen LogP contribution < -0.4 is 14.9 Å². The summed E-state index contributed by atoms with van der Waals surface area (Å²) in [5.41, 5.74) is 3.66. The average Bonchev–Trinajstić information content (AvgIpc) is 2.76. The number of amides is 1. The van der Waals surface area contributed by atoms with Crippen molar-refractivity contribution < 1.29 is 19.1 Å². The van der Waals surface area contributed by atoms with Crippen LogP contribution in [0.25, 0.3) is 0 Å². The molecule has 0 aliphatic heterocycles. The summed E-state index contributed by atoms with van der Waals surface area (Å²) in [6, 6.07) is 24.6. The molecule has 0 bridgehead atoms. The first-order chi connectivity index (χ1) is 14.1. The summed E-state index contributed by atoms with van der Waals surface area (Å²) >= 11 is 0. The molecule has 29 heavy (non-hydrogen) atoms. The highest BCUT2D eigenvalue weighted by Crippen LogP contribution is 2.14. The molecule has 1 atom stereocenters. The fourth-order valence-electron chi connectivity index (χ4n) is 2.38. The summed E-state index contributed by atoms with van der Waals surface area (Å²) in [4.78, 5) is 24.1. The molecule has 1 unspecified atom stereocenters. The van der Waals surface area contributed by atoms with Gasteiger partial charge in [-0.25, -0.2) is 10.2 Å². The Kier molecular flexibility index (Phi) is 6.73. The van der Waals surface area contributed by atoms with E-state index in [0.717, 1.165) is 5.56 Å². The lowest BCUT2D eigenvalue weighted by molar-refractivity contribution is -0.127. The van der Waals surface area contributed by atoms with Gasteiger partial charge in [0.15, 0.2) is 6.10 Å². The first-order valence-corrected chi connectivity index (χ1v) is 9.04. The van der Waals surface area contributed by atoms with Crippen molar-refractivity contribution in [2.75, 3.05) is 0 Å². The van der Waals surface area contributed by atoms with Gasteiger partial charge in [0, 0.05) is 0 Å². The Balaban J connectivity index is 1.49. The van der Waals surface area contributed by atoms with Crippen LogP contribution in [0.15, 0.2) is 90.0 Å². The lowest BCUT2D eigenvalue weighted by atomic mass is 10.2. The van der Waals surface area contributed by atoms with E-state index < -0.39 is 12.1 Å². The van der Waals surface area contributed by atoms with Crippen molar-refractivity contribution in [1.29, 1.82) is 0 Å². The molecule has 6 heteroatoms. The van der Waals surface area contributed by atoms with Gasteiger partial charge in [0.25, 0.3) is 5.91 Å².